The normalized spacial score (nSPS) is 44.3. The number of carboxylic acid groups (broad SMARTS) is 1. The molecule has 4 atom stereocenters. The quantitative estimate of drug-likeness (QED) is 0.590. The highest BCUT2D eigenvalue weighted by Gasteiger charge is 2.70. The van der Waals surface area contributed by atoms with Crippen molar-refractivity contribution in [3.63, 3.8) is 0 Å². The maximum atomic E-state index is 11.4. The molecule has 2 fully saturated rings. The lowest BCUT2D eigenvalue weighted by molar-refractivity contribution is -0.148. The Labute approximate surface area is 81.2 Å². The predicted octanol–water partition coefficient (Wildman–Crippen LogP) is -0.402. The number of carbonyl (C=O) groups is 2. The van der Waals surface area contributed by atoms with Crippen LogP contribution in [0.25, 0.3) is 0 Å². The van der Waals surface area contributed by atoms with Gasteiger partial charge in [-0.2, -0.15) is 0 Å². The molecule has 3 N–H and O–H groups in total. The third-order valence-corrected chi connectivity index (χ3v) is 3.51. The van der Waals surface area contributed by atoms with Crippen LogP contribution in [0, 0.1) is 17.8 Å². The summed E-state index contributed by atoms with van der Waals surface area (Å²) in [4.78, 5) is 22.2. The summed E-state index contributed by atoms with van der Waals surface area (Å²) in [5.41, 5.74) is 4.84. The van der Waals surface area contributed by atoms with E-state index in [0.717, 1.165) is 0 Å². The van der Waals surface area contributed by atoms with E-state index in [0.29, 0.717) is 12.8 Å². The van der Waals surface area contributed by atoms with Crippen LogP contribution in [-0.4, -0.2) is 29.7 Å². The van der Waals surface area contributed by atoms with Crippen LogP contribution in [0.1, 0.15) is 12.8 Å². The minimum Gasteiger partial charge on any atom is -0.481 e. The van der Waals surface area contributed by atoms with E-state index in [1.165, 1.54) is 7.11 Å². The number of rotatable bonds is 2. The molecular formula is C9H13NO4. The van der Waals surface area contributed by atoms with Crippen molar-refractivity contribution in [2.45, 2.75) is 18.4 Å². The molecule has 0 heterocycles. The van der Waals surface area contributed by atoms with Crippen LogP contribution in [0.2, 0.25) is 0 Å². The molecule has 0 spiro atoms. The van der Waals surface area contributed by atoms with Gasteiger partial charge in [0.05, 0.1) is 13.0 Å². The lowest BCUT2D eigenvalue weighted by Gasteiger charge is -2.23. The second-order valence-corrected chi connectivity index (χ2v) is 4.12. The van der Waals surface area contributed by atoms with Gasteiger partial charge < -0.3 is 15.6 Å². The van der Waals surface area contributed by atoms with Gasteiger partial charge in [-0.05, 0) is 18.8 Å². The number of fused-ring (bicyclic) bond motifs is 1. The summed E-state index contributed by atoms with van der Waals surface area (Å²) in [6.07, 6.45) is 1.26. The molecule has 0 aromatic heterocycles. The first kappa shape index (κ1) is 9.45. The standard InChI is InChI=1S/C9H13NO4/c1-14-8(13)9(10)3-2-4-5(6(4)9)7(11)12/h4-6H,2-3,10H2,1H3,(H,11,12)/t4-,5-,6-,9-/m0/s1. The van der Waals surface area contributed by atoms with Gasteiger partial charge in [0.15, 0.2) is 0 Å². The van der Waals surface area contributed by atoms with Crippen molar-refractivity contribution in [2.75, 3.05) is 7.11 Å². The molecule has 78 valence electrons. The Morgan fingerprint density at radius 2 is 2.21 bits per heavy atom. The number of hydrogen-bond acceptors (Lipinski definition) is 4. The van der Waals surface area contributed by atoms with Crippen molar-refractivity contribution < 1.29 is 19.4 Å². The van der Waals surface area contributed by atoms with Crippen LogP contribution in [0.5, 0.6) is 0 Å². The zero-order valence-corrected chi connectivity index (χ0v) is 7.90. The first-order valence-electron chi connectivity index (χ1n) is 4.62. The molecule has 5 heteroatoms. The Kier molecular flexibility index (Phi) is 1.82. The molecule has 5 nitrogen and oxygen atoms in total. The first-order valence-corrected chi connectivity index (χ1v) is 4.62. The van der Waals surface area contributed by atoms with Crippen molar-refractivity contribution in [1.29, 1.82) is 0 Å². The number of hydrogen-bond donors (Lipinski definition) is 2. The molecule has 2 aliphatic rings. The number of nitrogens with two attached hydrogens (primary N) is 1. The number of carbonyl (C=O) groups excluding carboxylic acids is 1. The minimum atomic E-state index is -1.05. The van der Waals surface area contributed by atoms with Gasteiger partial charge in [0, 0.05) is 5.92 Å². The van der Waals surface area contributed by atoms with E-state index in [1.807, 2.05) is 0 Å². The van der Waals surface area contributed by atoms with Crippen LogP contribution < -0.4 is 5.73 Å². The van der Waals surface area contributed by atoms with Crippen molar-refractivity contribution in [3.05, 3.63) is 0 Å². The SMILES string of the molecule is COC(=O)[C@]1(N)CC[C@H]2[C@H](C(=O)O)[C@H]21. The van der Waals surface area contributed by atoms with Crippen LogP contribution in [0.3, 0.4) is 0 Å². The van der Waals surface area contributed by atoms with E-state index in [1.54, 1.807) is 0 Å². The van der Waals surface area contributed by atoms with Gasteiger partial charge in [0.1, 0.15) is 5.54 Å². The van der Waals surface area contributed by atoms with Gasteiger partial charge in [-0.1, -0.05) is 0 Å². The Hall–Kier alpha value is -1.10. The van der Waals surface area contributed by atoms with E-state index in [4.69, 9.17) is 10.8 Å². The smallest absolute Gasteiger partial charge is 0.326 e. The molecule has 0 bridgehead atoms. The molecular weight excluding hydrogens is 186 g/mol. The fourth-order valence-electron chi connectivity index (χ4n) is 2.77. The molecule has 0 aromatic rings. The van der Waals surface area contributed by atoms with Crippen LogP contribution >= 0.6 is 0 Å². The minimum absolute atomic E-state index is 0.0802. The van der Waals surface area contributed by atoms with E-state index in [-0.39, 0.29) is 11.8 Å². The Bertz CT molecular complexity index is 303. The fraction of sp³-hybridized carbons (Fsp3) is 0.778. The zero-order chi connectivity index (χ0) is 10.5. The predicted molar refractivity (Wildman–Crippen MR) is 46.3 cm³/mol. The monoisotopic (exact) mass is 199 g/mol. The Balaban J connectivity index is 2.17. The first-order chi connectivity index (χ1) is 6.52. The largest absolute Gasteiger partial charge is 0.481 e. The van der Waals surface area contributed by atoms with E-state index in [9.17, 15) is 9.59 Å². The average molecular weight is 199 g/mol. The van der Waals surface area contributed by atoms with Gasteiger partial charge >= 0.3 is 11.9 Å². The highest BCUT2D eigenvalue weighted by atomic mass is 16.5. The van der Waals surface area contributed by atoms with Crippen LogP contribution in [0.15, 0.2) is 0 Å². The van der Waals surface area contributed by atoms with Crippen LogP contribution in [0.4, 0.5) is 0 Å². The molecule has 2 rings (SSSR count). The molecule has 0 radical (unpaired) electrons. The second-order valence-electron chi connectivity index (χ2n) is 4.12. The summed E-state index contributed by atoms with van der Waals surface area (Å²) in [6, 6.07) is 0. The summed E-state index contributed by atoms with van der Waals surface area (Å²) in [7, 11) is 1.28. The Morgan fingerprint density at radius 1 is 1.57 bits per heavy atom. The number of carboxylic acids is 1. The fourth-order valence-corrected chi connectivity index (χ4v) is 2.77. The van der Waals surface area contributed by atoms with Gasteiger partial charge in [0.25, 0.3) is 0 Å². The Morgan fingerprint density at radius 3 is 2.64 bits per heavy atom. The lowest BCUT2D eigenvalue weighted by atomic mass is 9.92. The van der Waals surface area contributed by atoms with Gasteiger partial charge in [-0.3, -0.25) is 9.59 Å². The topological polar surface area (TPSA) is 89.6 Å². The van der Waals surface area contributed by atoms with Gasteiger partial charge in [-0.25, -0.2) is 0 Å². The molecule has 0 aliphatic heterocycles. The highest BCUT2D eigenvalue weighted by molar-refractivity contribution is 5.86. The molecule has 2 saturated carbocycles. The molecule has 0 saturated heterocycles. The molecule has 0 unspecified atom stereocenters. The molecule has 14 heavy (non-hydrogen) atoms. The summed E-state index contributed by atoms with van der Waals surface area (Å²) in [6.45, 7) is 0. The summed E-state index contributed by atoms with van der Waals surface area (Å²) in [5.74, 6) is -1.90. The molecule has 0 aromatic carbocycles. The third kappa shape index (κ3) is 0.987. The number of methoxy groups -OCH3 is 1. The van der Waals surface area contributed by atoms with Crippen molar-refractivity contribution in [3.8, 4) is 0 Å². The third-order valence-electron chi connectivity index (χ3n) is 3.51. The summed E-state index contributed by atoms with van der Waals surface area (Å²) in [5, 5.41) is 8.84. The number of ether oxygens (including phenoxy) is 1. The van der Waals surface area contributed by atoms with E-state index < -0.39 is 23.4 Å². The maximum Gasteiger partial charge on any atom is 0.326 e. The zero-order valence-electron chi connectivity index (χ0n) is 7.90. The summed E-state index contributed by atoms with van der Waals surface area (Å²) < 4.78 is 4.61. The van der Waals surface area contributed by atoms with Crippen molar-refractivity contribution >= 4 is 11.9 Å². The molecule has 0 amide bonds. The number of aliphatic carboxylic acids is 1. The number of esters is 1. The lowest BCUT2D eigenvalue weighted by Crippen LogP contribution is -2.50. The average Bonchev–Trinajstić information content (AvgIpc) is 2.80. The second kappa shape index (κ2) is 2.70. The van der Waals surface area contributed by atoms with Gasteiger partial charge in [-0.15, -0.1) is 0 Å². The van der Waals surface area contributed by atoms with Gasteiger partial charge in [0.2, 0.25) is 0 Å². The van der Waals surface area contributed by atoms with E-state index in [2.05, 4.69) is 4.74 Å². The van der Waals surface area contributed by atoms with Crippen LogP contribution in [-0.2, 0) is 14.3 Å². The maximum absolute atomic E-state index is 11.4. The highest BCUT2D eigenvalue weighted by Crippen LogP contribution is 2.61. The summed E-state index contributed by atoms with van der Waals surface area (Å²) >= 11 is 0. The van der Waals surface area contributed by atoms with Crippen molar-refractivity contribution in [2.24, 2.45) is 23.5 Å². The molecule has 2 aliphatic carbocycles. The van der Waals surface area contributed by atoms with Crippen molar-refractivity contribution in [1.82, 2.24) is 0 Å². The van der Waals surface area contributed by atoms with E-state index >= 15 is 0 Å².